The first-order valence-electron chi connectivity index (χ1n) is 8.09. The summed E-state index contributed by atoms with van der Waals surface area (Å²) in [5.74, 6) is 0.781. The summed E-state index contributed by atoms with van der Waals surface area (Å²) < 4.78 is 38.6. The zero-order chi connectivity index (χ0) is 17.7. The largest absolute Gasteiger partial charge is 0.497 e. The van der Waals surface area contributed by atoms with Gasteiger partial charge in [-0.25, -0.2) is 13.1 Å². The Kier molecular flexibility index (Phi) is 6.08. The van der Waals surface area contributed by atoms with Crippen molar-refractivity contribution < 1.29 is 17.9 Å². The van der Waals surface area contributed by atoms with Crippen molar-refractivity contribution in [3.63, 3.8) is 0 Å². The molecule has 1 aromatic heterocycles. The zero-order valence-electron chi connectivity index (χ0n) is 14.1. The highest BCUT2D eigenvalue weighted by atomic mass is 32.2. The molecule has 25 heavy (non-hydrogen) atoms. The second-order valence-corrected chi connectivity index (χ2v) is 8.66. The normalized spacial score (nSPS) is 17.3. The standard InChI is InChI=1S/C17H22N2O4S2/c1-22-15-6-4-14(5-7-15)16(19-8-10-23-11-9-19)13-18-25(20,21)17-3-2-12-24-17/h2-7,12,16,18H,8-11,13H2,1H3/t16-/m1/s1. The lowest BCUT2D eigenvalue weighted by Gasteiger charge is -2.34. The van der Waals surface area contributed by atoms with Crippen LogP contribution in [-0.2, 0) is 14.8 Å². The van der Waals surface area contributed by atoms with Crippen molar-refractivity contribution in [2.75, 3.05) is 40.0 Å². The molecule has 0 aliphatic carbocycles. The van der Waals surface area contributed by atoms with Gasteiger partial charge in [0.2, 0.25) is 10.0 Å². The number of benzene rings is 1. The summed E-state index contributed by atoms with van der Waals surface area (Å²) in [5.41, 5.74) is 1.05. The number of sulfonamides is 1. The molecule has 3 rings (SSSR count). The van der Waals surface area contributed by atoms with Gasteiger partial charge in [-0.1, -0.05) is 18.2 Å². The molecule has 1 fully saturated rings. The van der Waals surface area contributed by atoms with Gasteiger partial charge in [0, 0.05) is 25.7 Å². The smallest absolute Gasteiger partial charge is 0.250 e. The topological polar surface area (TPSA) is 67.9 Å². The van der Waals surface area contributed by atoms with Crippen molar-refractivity contribution in [2.24, 2.45) is 0 Å². The monoisotopic (exact) mass is 382 g/mol. The molecule has 0 saturated carbocycles. The van der Waals surface area contributed by atoms with Crippen molar-refractivity contribution in [2.45, 2.75) is 10.3 Å². The third kappa shape index (κ3) is 4.59. The van der Waals surface area contributed by atoms with Gasteiger partial charge in [0.1, 0.15) is 9.96 Å². The molecule has 8 heteroatoms. The van der Waals surface area contributed by atoms with E-state index in [2.05, 4.69) is 9.62 Å². The second-order valence-electron chi connectivity index (χ2n) is 5.72. The number of ether oxygens (including phenoxy) is 2. The number of nitrogens with one attached hydrogen (secondary N) is 1. The van der Waals surface area contributed by atoms with Crippen LogP contribution in [0, 0.1) is 0 Å². The minimum atomic E-state index is -3.49. The van der Waals surface area contributed by atoms with Crippen LogP contribution < -0.4 is 9.46 Å². The molecular weight excluding hydrogens is 360 g/mol. The van der Waals surface area contributed by atoms with E-state index in [0.717, 1.165) is 24.4 Å². The van der Waals surface area contributed by atoms with Crippen molar-refractivity contribution in [1.82, 2.24) is 9.62 Å². The maximum Gasteiger partial charge on any atom is 0.250 e. The number of nitrogens with zero attached hydrogens (tertiary/aromatic N) is 1. The Bertz CT molecular complexity index is 754. The number of thiophene rings is 1. The number of methoxy groups -OCH3 is 1. The third-order valence-corrected chi connectivity index (χ3v) is 7.03. The van der Waals surface area contributed by atoms with E-state index in [4.69, 9.17) is 9.47 Å². The molecule has 1 aliphatic rings. The first-order chi connectivity index (χ1) is 12.1. The molecule has 2 aromatic rings. The van der Waals surface area contributed by atoms with Gasteiger partial charge in [-0.05, 0) is 29.1 Å². The number of hydrogen-bond acceptors (Lipinski definition) is 6. The summed E-state index contributed by atoms with van der Waals surface area (Å²) in [6, 6.07) is 11.1. The Hall–Kier alpha value is -1.45. The lowest BCUT2D eigenvalue weighted by atomic mass is 10.0. The molecule has 1 saturated heterocycles. The Morgan fingerprint density at radius 2 is 1.96 bits per heavy atom. The fourth-order valence-electron chi connectivity index (χ4n) is 2.85. The molecule has 0 spiro atoms. The van der Waals surface area contributed by atoms with E-state index in [-0.39, 0.29) is 6.04 Å². The second kappa shape index (κ2) is 8.29. The van der Waals surface area contributed by atoms with Gasteiger partial charge in [-0.3, -0.25) is 4.90 Å². The molecular formula is C17H22N2O4S2. The van der Waals surface area contributed by atoms with E-state index < -0.39 is 10.0 Å². The number of hydrogen-bond donors (Lipinski definition) is 1. The lowest BCUT2D eigenvalue weighted by Crippen LogP contribution is -2.43. The summed E-state index contributed by atoms with van der Waals surface area (Å²) in [7, 11) is -1.86. The van der Waals surface area contributed by atoms with E-state index >= 15 is 0 Å². The minimum absolute atomic E-state index is 0.0513. The Morgan fingerprint density at radius 3 is 2.56 bits per heavy atom. The zero-order valence-corrected chi connectivity index (χ0v) is 15.7. The van der Waals surface area contributed by atoms with Crippen LogP contribution in [0.2, 0.25) is 0 Å². The van der Waals surface area contributed by atoms with Gasteiger partial charge in [0.05, 0.1) is 20.3 Å². The van der Waals surface area contributed by atoms with E-state index in [1.807, 2.05) is 24.3 Å². The molecule has 6 nitrogen and oxygen atoms in total. The van der Waals surface area contributed by atoms with E-state index in [9.17, 15) is 8.42 Å². The van der Waals surface area contributed by atoms with Crippen LogP contribution in [0.25, 0.3) is 0 Å². The highest BCUT2D eigenvalue weighted by molar-refractivity contribution is 7.91. The first kappa shape index (κ1) is 18.3. The fraction of sp³-hybridized carbons (Fsp3) is 0.412. The van der Waals surface area contributed by atoms with Crippen molar-refractivity contribution >= 4 is 21.4 Å². The maximum atomic E-state index is 12.4. The predicted molar refractivity (Wildman–Crippen MR) is 97.6 cm³/mol. The molecule has 1 aliphatic heterocycles. The Morgan fingerprint density at radius 1 is 1.24 bits per heavy atom. The molecule has 0 amide bonds. The molecule has 1 atom stereocenters. The van der Waals surface area contributed by atoms with Gasteiger partial charge >= 0.3 is 0 Å². The molecule has 0 unspecified atom stereocenters. The van der Waals surface area contributed by atoms with Crippen molar-refractivity contribution in [3.8, 4) is 5.75 Å². The van der Waals surface area contributed by atoms with Crippen LogP contribution in [-0.4, -0.2) is 53.3 Å². The highest BCUT2D eigenvalue weighted by Gasteiger charge is 2.25. The van der Waals surface area contributed by atoms with Crippen LogP contribution in [0.5, 0.6) is 5.75 Å². The summed E-state index contributed by atoms with van der Waals surface area (Å²) in [5, 5.41) is 1.76. The SMILES string of the molecule is COc1ccc([C@@H](CNS(=O)(=O)c2cccs2)N2CCOCC2)cc1. The van der Waals surface area contributed by atoms with Crippen LogP contribution in [0.1, 0.15) is 11.6 Å². The molecule has 0 radical (unpaired) electrons. The Labute approximate surface area is 152 Å². The number of rotatable bonds is 7. The lowest BCUT2D eigenvalue weighted by molar-refractivity contribution is 0.0172. The number of morpholine rings is 1. The van der Waals surface area contributed by atoms with Gasteiger partial charge in [-0.15, -0.1) is 11.3 Å². The summed E-state index contributed by atoms with van der Waals surface area (Å²) in [4.78, 5) is 2.25. The molecule has 2 heterocycles. The Balaban J connectivity index is 1.78. The van der Waals surface area contributed by atoms with E-state index in [0.29, 0.717) is 24.0 Å². The quantitative estimate of drug-likeness (QED) is 0.794. The van der Waals surface area contributed by atoms with Gasteiger partial charge in [-0.2, -0.15) is 0 Å². The minimum Gasteiger partial charge on any atom is -0.497 e. The average molecular weight is 383 g/mol. The van der Waals surface area contributed by atoms with Crippen LogP contribution >= 0.6 is 11.3 Å². The van der Waals surface area contributed by atoms with E-state index in [1.54, 1.807) is 24.6 Å². The predicted octanol–water partition coefficient (Wildman–Crippen LogP) is 2.11. The fourth-order valence-corrected chi connectivity index (χ4v) is 4.92. The first-order valence-corrected chi connectivity index (χ1v) is 10.5. The molecule has 1 aromatic carbocycles. The summed E-state index contributed by atoms with van der Waals surface area (Å²) >= 11 is 1.22. The van der Waals surface area contributed by atoms with Crippen molar-refractivity contribution in [3.05, 3.63) is 47.3 Å². The average Bonchev–Trinajstić information content (AvgIpc) is 3.19. The summed E-state index contributed by atoms with van der Waals surface area (Å²) in [6.45, 7) is 3.18. The maximum absolute atomic E-state index is 12.4. The molecule has 136 valence electrons. The molecule has 1 N–H and O–H groups in total. The van der Waals surface area contributed by atoms with Crippen molar-refractivity contribution in [1.29, 1.82) is 0 Å². The van der Waals surface area contributed by atoms with Gasteiger partial charge in [0.15, 0.2) is 0 Å². The van der Waals surface area contributed by atoms with Crippen LogP contribution in [0.15, 0.2) is 46.0 Å². The van der Waals surface area contributed by atoms with Crippen LogP contribution in [0.3, 0.4) is 0 Å². The van der Waals surface area contributed by atoms with E-state index in [1.165, 1.54) is 11.3 Å². The summed E-state index contributed by atoms with van der Waals surface area (Å²) in [6.07, 6.45) is 0. The highest BCUT2D eigenvalue weighted by Crippen LogP contribution is 2.25. The van der Waals surface area contributed by atoms with Crippen LogP contribution in [0.4, 0.5) is 0 Å². The third-order valence-electron chi connectivity index (χ3n) is 4.21. The van der Waals surface area contributed by atoms with Gasteiger partial charge in [0.25, 0.3) is 0 Å². The van der Waals surface area contributed by atoms with Gasteiger partial charge < -0.3 is 9.47 Å². The molecule has 0 bridgehead atoms.